The van der Waals surface area contributed by atoms with Gasteiger partial charge in [-0.15, -0.1) is 0 Å². The Kier molecular flexibility index (Phi) is 2.95. The molecule has 0 aromatic heterocycles. The van der Waals surface area contributed by atoms with Crippen molar-refractivity contribution in [1.29, 1.82) is 5.26 Å². The minimum atomic E-state index is -0.336. The first kappa shape index (κ1) is 10.4. The molecule has 4 nitrogen and oxygen atoms in total. The number of nitrogens with zero attached hydrogens (tertiary/aromatic N) is 1. The Hall–Kier alpha value is -1.73. The number of nitriles is 1. The van der Waals surface area contributed by atoms with Gasteiger partial charge in [0.1, 0.15) is 0 Å². The number of phenolic OH excluding ortho intramolecular Hbond substituents is 1. The van der Waals surface area contributed by atoms with Crippen LogP contribution in [-0.2, 0) is 0 Å². The van der Waals surface area contributed by atoms with Crippen molar-refractivity contribution in [1.82, 2.24) is 0 Å². The van der Waals surface area contributed by atoms with E-state index in [0.717, 1.165) is 0 Å². The molecule has 0 radical (unpaired) electrons. The van der Waals surface area contributed by atoms with E-state index in [2.05, 4.69) is 0 Å². The maximum Gasteiger partial charge on any atom is 0.162 e. The highest BCUT2D eigenvalue weighted by Gasteiger charge is 2.13. The van der Waals surface area contributed by atoms with Gasteiger partial charge in [-0.25, -0.2) is 0 Å². The van der Waals surface area contributed by atoms with Gasteiger partial charge < -0.3 is 15.6 Å². The van der Waals surface area contributed by atoms with Crippen molar-refractivity contribution < 1.29 is 9.84 Å². The number of nitrogens with two attached hydrogens (primary N) is 1. The minimum Gasteiger partial charge on any atom is -0.504 e. The van der Waals surface area contributed by atoms with E-state index in [1.54, 1.807) is 13.0 Å². The molecule has 0 saturated heterocycles. The second kappa shape index (κ2) is 3.99. The Morgan fingerprint density at radius 2 is 2.21 bits per heavy atom. The van der Waals surface area contributed by atoms with E-state index in [1.807, 2.05) is 6.07 Å². The lowest BCUT2D eigenvalue weighted by Crippen LogP contribution is -2.06. The van der Waals surface area contributed by atoms with E-state index < -0.39 is 0 Å². The van der Waals surface area contributed by atoms with E-state index in [9.17, 15) is 5.11 Å². The molecule has 1 rings (SSSR count). The molecule has 0 aliphatic carbocycles. The summed E-state index contributed by atoms with van der Waals surface area (Å²) in [4.78, 5) is 0. The van der Waals surface area contributed by atoms with Crippen LogP contribution >= 0.6 is 0 Å². The van der Waals surface area contributed by atoms with Gasteiger partial charge in [-0.2, -0.15) is 5.26 Å². The van der Waals surface area contributed by atoms with Gasteiger partial charge in [0.25, 0.3) is 0 Å². The van der Waals surface area contributed by atoms with Crippen LogP contribution in [0.2, 0.25) is 0 Å². The second-order valence-electron chi connectivity index (χ2n) is 3.02. The van der Waals surface area contributed by atoms with Crippen molar-refractivity contribution in [3.8, 4) is 17.6 Å². The predicted octanol–water partition coefficient (Wildman–Crippen LogP) is 1.29. The maximum absolute atomic E-state index is 9.66. The summed E-state index contributed by atoms with van der Waals surface area (Å²) in [6.45, 7) is 1.73. The molecule has 3 N–H and O–H groups in total. The second-order valence-corrected chi connectivity index (χ2v) is 3.02. The first-order valence-electron chi connectivity index (χ1n) is 4.16. The molecule has 1 aromatic rings. The number of ether oxygens (including phenoxy) is 1. The third-order valence-corrected chi connectivity index (χ3v) is 1.94. The molecule has 1 aromatic carbocycles. The van der Waals surface area contributed by atoms with E-state index in [-0.39, 0.29) is 17.5 Å². The molecule has 0 amide bonds. The van der Waals surface area contributed by atoms with Gasteiger partial charge in [-0.05, 0) is 13.0 Å². The summed E-state index contributed by atoms with van der Waals surface area (Å²) >= 11 is 0. The van der Waals surface area contributed by atoms with Crippen LogP contribution < -0.4 is 10.5 Å². The third-order valence-electron chi connectivity index (χ3n) is 1.94. The highest BCUT2D eigenvalue weighted by molar-refractivity contribution is 5.52. The molecular formula is C10H12N2O2. The molecule has 0 heterocycles. The largest absolute Gasteiger partial charge is 0.504 e. The lowest BCUT2D eigenvalue weighted by atomic mass is 10.0. The number of hydrogen-bond acceptors (Lipinski definition) is 4. The fraction of sp³-hybridized carbons (Fsp3) is 0.300. The maximum atomic E-state index is 9.66. The summed E-state index contributed by atoms with van der Waals surface area (Å²) in [5.74, 6) is 0.276. The molecule has 4 heteroatoms. The molecule has 74 valence electrons. The lowest BCUT2D eigenvalue weighted by molar-refractivity contribution is 0.369. The van der Waals surface area contributed by atoms with Gasteiger partial charge in [0.2, 0.25) is 0 Å². The average Bonchev–Trinajstić information content (AvgIpc) is 2.17. The first-order chi connectivity index (χ1) is 6.60. The lowest BCUT2D eigenvalue weighted by Gasteiger charge is -2.11. The SMILES string of the molecule is COc1cc(C#N)cc([C@@H](C)N)c1O. The number of aromatic hydroxyl groups is 1. The molecule has 0 bridgehead atoms. The molecule has 0 unspecified atom stereocenters. The van der Waals surface area contributed by atoms with Crippen molar-refractivity contribution in [2.24, 2.45) is 5.73 Å². The van der Waals surface area contributed by atoms with E-state index in [0.29, 0.717) is 11.1 Å². The van der Waals surface area contributed by atoms with Crippen LogP contribution in [-0.4, -0.2) is 12.2 Å². The van der Waals surface area contributed by atoms with Crippen molar-refractivity contribution in [2.45, 2.75) is 13.0 Å². The fourth-order valence-corrected chi connectivity index (χ4v) is 1.20. The quantitative estimate of drug-likeness (QED) is 0.740. The Balaban J connectivity index is 3.36. The monoisotopic (exact) mass is 192 g/mol. The summed E-state index contributed by atoms with van der Waals surface area (Å²) in [5, 5.41) is 18.4. The standard InChI is InChI=1S/C10H12N2O2/c1-6(12)8-3-7(5-11)4-9(14-2)10(8)13/h3-4,6,13H,12H2,1-2H3/t6-/m1/s1. The van der Waals surface area contributed by atoms with Crippen molar-refractivity contribution >= 4 is 0 Å². The highest BCUT2D eigenvalue weighted by atomic mass is 16.5. The Morgan fingerprint density at radius 1 is 1.57 bits per heavy atom. The molecule has 0 aliphatic heterocycles. The van der Waals surface area contributed by atoms with Crippen LogP contribution in [0.3, 0.4) is 0 Å². The zero-order valence-electron chi connectivity index (χ0n) is 8.11. The van der Waals surface area contributed by atoms with Gasteiger partial charge in [0, 0.05) is 17.7 Å². The molecule has 0 aliphatic rings. The topological polar surface area (TPSA) is 79.3 Å². The fourth-order valence-electron chi connectivity index (χ4n) is 1.20. The van der Waals surface area contributed by atoms with Crippen molar-refractivity contribution in [3.63, 3.8) is 0 Å². The smallest absolute Gasteiger partial charge is 0.162 e. The Labute approximate surface area is 82.5 Å². The number of benzene rings is 1. The number of hydrogen-bond donors (Lipinski definition) is 2. The van der Waals surface area contributed by atoms with Crippen molar-refractivity contribution in [3.05, 3.63) is 23.3 Å². The number of methoxy groups -OCH3 is 1. The Morgan fingerprint density at radius 3 is 2.64 bits per heavy atom. The van der Waals surface area contributed by atoms with Crippen LogP contribution in [0, 0.1) is 11.3 Å². The van der Waals surface area contributed by atoms with Gasteiger partial charge in [0.05, 0.1) is 18.7 Å². The highest BCUT2D eigenvalue weighted by Crippen LogP contribution is 2.33. The number of rotatable bonds is 2. The van der Waals surface area contributed by atoms with Gasteiger partial charge in [-0.1, -0.05) is 0 Å². The third kappa shape index (κ3) is 1.78. The zero-order valence-corrected chi connectivity index (χ0v) is 8.11. The van der Waals surface area contributed by atoms with E-state index in [1.165, 1.54) is 13.2 Å². The molecule has 0 fully saturated rings. The predicted molar refractivity (Wildman–Crippen MR) is 52.0 cm³/mol. The minimum absolute atomic E-state index is 0.00139. The Bertz CT molecular complexity index is 380. The molecule has 14 heavy (non-hydrogen) atoms. The van der Waals surface area contributed by atoms with E-state index in [4.69, 9.17) is 15.7 Å². The average molecular weight is 192 g/mol. The number of phenols is 1. The zero-order chi connectivity index (χ0) is 10.7. The first-order valence-corrected chi connectivity index (χ1v) is 4.16. The van der Waals surface area contributed by atoms with Crippen LogP contribution in [0.15, 0.2) is 12.1 Å². The van der Waals surface area contributed by atoms with Crippen LogP contribution in [0.25, 0.3) is 0 Å². The summed E-state index contributed by atoms with van der Waals surface area (Å²) in [6.07, 6.45) is 0. The molecule has 0 spiro atoms. The summed E-state index contributed by atoms with van der Waals surface area (Å²) in [5.41, 5.74) is 6.57. The van der Waals surface area contributed by atoms with Crippen LogP contribution in [0.4, 0.5) is 0 Å². The normalized spacial score (nSPS) is 11.9. The van der Waals surface area contributed by atoms with Gasteiger partial charge in [0.15, 0.2) is 11.5 Å². The summed E-state index contributed by atoms with van der Waals surface area (Å²) < 4.78 is 4.92. The van der Waals surface area contributed by atoms with Crippen LogP contribution in [0.5, 0.6) is 11.5 Å². The van der Waals surface area contributed by atoms with Gasteiger partial charge >= 0.3 is 0 Å². The van der Waals surface area contributed by atoms with E-state index >= 15 is 0 Å². The van der Waals surface area contributed by atoms with Gasteiger partial charge in [-0.3, -0.25) is 0 Å². The van der Waals surface area contributed by atoms with Crippen LogP contribution in [0.1, 0.15) is 24.1 Å². The molecule has 1 atom stereocenters. The molecular weight excluding hydrogens is 180 g/mol. The summed E-state index contributed by atoms with van der Waals surface area (Å²) in [6, 6.07) is 4.67. The van der Waals surface area contributed by atoms with Crippen molar-refractivity contribution in [2.75, 3.05) is 7.11 Å². The summed E-state index contributed by atoms with van der Waals surface area (Å²) in [7, 11) is 1.43. The molecule has 0 saturated carbocycles.